The van der Waals surface area contributed by atoms with E-state index in [4.69, 9.17) is 4.52 Å². The number of nitrogens with zero attached hydrogens (tertiary/aromatic N) is 3. The van der Waals surface area contributed by atoms with Crippen molar-refractivity contribution in [2.75, 3.05) is 26.2 Å². The van der Waals surface area contributed by atoms with E-state index in [0.29, 0.717) is 17.9 Å². The van der Waals surface area contributed by atoms with Crippen LogP contribution in [0.4, 0.5) is 4.39 Å². The predicted molar refractivity (Wildman–Crippen MR) is 72.6 cm³/mol. The van der Waals surface area contributed by atoms with E-state index in [1.165, 1.54) is 6.07 Å². The lowest BCUT2D eigenvalue weighted by Crippen LogP contribution is -2.43. The van der Waals surface area contributed by atoms with Gasteiger partial charge in [0.15, 0.2) is 5.82 Å². The van der Waals surface area contributed by atoms with Crippen LogP contribution in [0.25, 0.3) is 11.5 Å². The molecule has 20 heavy (non-hydrogen) atoms. The van der Waals surface area contributed by atoms with Gasteiger partial charge in [0, 0.05) is 26.2 Å². The van der Waals surface area contributed by atoms with Crippen molar-refractivity contribution in [3.05, 3.63) is 35.4 Å². The molecule has 106 valence electrons. The topological polar surface area (TPSA) is 54.2 Å². The lowest BCUT2D eigenvalue weighted by Gasteiger charge is -2.25. The Hall–Kier alpha value is -1.79. The van der Waals surface area contributed by atoms with Crippen molar-refractivity contribution in [1.82, 2.24) is 20.4 Å². The number of benzene rings is 1. The van der Waals surface area contributed by atoms with Gasteiger partial charge in [-0.15, -0.1) is 0 Å². The highest BCUT2D eigenvalue weighted by molar-refractivity contribution is 5.54. The quantitative estimate of drug-likeness (QED) is 0.922. The first-order valence-corrected chi connectivity index (χ1v) is 6.74. The summed E-state index contributed by atoms with van der Waals surface area (Å²) in [7, 11) is 0. The SMILES string of the molecule is Cc1ccc(-c2nc(CN3CCNCC3)no2)c(F)c1. The van der Waals surface area contributed by atoms with E-state index in [0.717, 1.165) is 31.7 Å². The maximum atomic E-state index is 13.9. The van der Waals surface area contributed by atoms with Crippen molar-refractivity contribution in [3.63, 3.8) is 0 Å². The second-order valence-corrected chi connectivity index (χ2v) is 5.03. The van der Waals surface area contributed by atoms with Gasteiger partial charge >= 0.3 is 0 Å². The van der Waals surface area contributed by atoms with Gasteiger partial charge in [0.05, 0.1) is 12.1 Å². The van der Waals surface area contributed by atoms with Crippen LogP contribution in [0.15, 0.2) is 22.7 Å². The van der Waals surface area contributed by atoms with Crippen LogP contribution in [0, 0.1) is 12.7 Å². The zero-order valence-electron chi connectivity index (χ0n) is 11.4. The second kappa shape index (κ2) is 5.68. The van der Waals surface area contributed by atoms with Crippen LogP contribution in [-0.4, -0.2) is 41.2 Å². The van der Waals surface area contributed by atoms with Gasteiger partial charge in [-0.3, -0.25) is 4.90 Å². The lowest BCUT2D eigenvalue weighted by molar-refractivity contribution is 0.225. The van der Waals surface area contributed by atoms with Gasteiger partial charge in [0.25, 0.3) is 5.89 Å². The zero-order valence-corrected chi connectivity index (χ0v) is 11.4. The molecule has 1 aliphatic rings. The lowest BCUT2D eigenvalue weighted by atomic mass is 10.1. The van der Waals surface area contributed by atoms with Gasteiger partial charge in [-0.1, -0.05) is 11.2 Å². The Morgan fingerprint density at radius 2 is 2.15 bits per heavy atom. The summed E-state index contributed by atoms with van der Waals surface area (Å²) < 4.78 is 19.0. The van der Waals surface area contributed by atoms with E-state index in [9.17, 15) is 4.39 Å². The molecule has 0 spiro atoms. The van der Waals surface area contributed by atoms with Gasteiger partial charge in [-0.25, -0.2) is 4.39 Å². The van der Waals surface area contributed by atoms with E-state index in [-0.39, 0.29) is 11.7 Å². The molecule has 6 heteroatoms. The number of aromatic nitrogens is 2. The van der Waals surface area contributed by atoms with Crippen LogP contribution in [0.5, 0.6) is 0 Å². The highest BCUT2D eigenvalue weighted by atomic mass is 19.1. The number of halogens is 1. The monoisotopic (exact) mass is 276 g/mol. The molecule has 5 nitrogen and oxygen atoms in total. The molecule has 0 aliphatic carbocycles. The van der Waals surface area contributed by atoms with Crippen LogP contribution >= 0.6 is 0 Å². The molecule has 0 atom stereocenters. The van der Waals surface area contributed by atoms with Crippen LogP contribution in [0.3, 0.4) is 0 Å². The highest BCUT2D eigenvalue weighted by Crippen LogP contribution is 2.22. The summed E-state index contributed by atoms with van der Waals surface area (Å²) in [6, 6.07) is 4.97. The first kappa shape index (κ1) is 13.2. The Balaban J connectivity index is 1.75. The van der Waals surface area contributed by atoms with E-state index in [2.05, 4.69) is 20.4 Å². The molecule has 0 bridgehead atoms. The standard InChI is InChI=1S/C14H17FN4O/c1-10-2-3-11(12(15)8-10)14-17-13(18-20-14)9-19-6-4-16-5-7-19/h2-3,8,16H,4-7,9H2,1H3. The van der Waals surface area contributed by atoms with Crippen molar-refractivity contribution in [2.24, 2.45) is 0 Å². The normalized spacial score (nSPS) is 16.5. The molecule has 0 amide bonds. The third-order valence-electron chi connectivity index (χ3n) is 3.40. The summed E-state index contributed by atoms with van der Waals surface area (Å²) in [6.07, 6.45) is 0. The number of hydrogen-bond acceptors (Lipinski definition) is 5. The molecular formula is C14H17FN4O. The molecule has 2 heterocycles. The van der Waals surface area contributed by atoms with Gasteiger partial charge in [-0.2, -0.15) is 4.98 Å². The maximum Gasteiger partial charge on any atom is 0.260 e. The molecule has 1 aromatic heterocycles. The summed E-state index contributed by atoms with van der Waals surface area (Å²) in [5.41, 5.74) is 1.22. The molecule has 0 saturated carbocycles. The predicted octanol–water partition coefficient (Wildman–Crippen LogP) is 1.59. The molecular weight excluding hydrogens is 259 g/mol. The minimum atomic E-state index is -0.331. The van der Waals surface area contributed by atoms with Gasteiger partial charge in [0.1, 0.15) is 5.82 Å². The maximum absolute atomic E-state index is 13.9. The van der Waals surface area contributed by atoms with Gasteiger partial charge in [-0.05, 0) is 24.6 Å². The molecule has 1 aliphatic heterocycles. The molecule has 1 N–H and O–H groups in total. The van der Waals surface area contributed by atoms with Gasteiger partial charge in [0.2, 0.25) is 0 Å². The number of rotatable bonds is 3. The average Bonchev–Trinajstić information content (AvgIpc) is 2.88. The van der Waals surface area contributed by atoms with E-state index >= 15 is 0 Å². The summed E-state index contributed by atoms with van der Waals surface area (Å²) >= 11 is 0. The summed E-state index contributed by atoms with van der Waals surface area (Å²) in [5, 5.41) is 7.22. The fourth-order valence-corrected chi connectivity index (χ4v) is 2.29. The van der Waals surface area contributed by atoms with E-state index < -0.39 is 0 Å². The van der Waals surface area contributed by atoms with Crippen LogP contribution in [-0.2, 0) is 6.54 Å². The molecule has 1 aromatic carbocycles. The Kier molecular flexibility index (Phi) is 3.75. The summed E-state index contributed by atoms with van der Waals surface area (Å²) in [5.74, 6) is 0.511. The first-order chi connectivity index (χ1) is 9.72. The van der Waals surface area contributed by atoms with Crippen molar-refractivity contribution < 1.29 is 8.91 Å². The molecule has 1 fully saturated rings. The second-order valence-electron chi connectivity index (χ2n) is 5.03. The van der Waals surface area contributed by atoms with Crippen LogP contribution in [0.1, 0.15) is 11.4 Å². The molecule has 0 unspecified atom stereocenters. The number of aryl methyl sites for hydroxylation is 1. The van der Waals surface area contributed by atoms with E-state index in [1.807, 2.05) is 13.0 Å². The molecule has 0 radical (unpaired) electrons. The fourth-order valence-electron chi connectivity index (χ4n) is 2.29. The number of piperazine rings is 1. The van der Waals surface area contributed by atoms with E-state index in [1.54, 1.807) is 6.07 Å². The summed E-state index contributed by atoms with van der Waals surface area (Å²) in [6.45, 7) is 6.34. The van der Waals surface area contributed by atoms with Crippen molar-refractivity contribution >= 4 is 0 Å². The number of hydrogen-bond donors (Lipinski definition) is 1. The van der Waals surface area contributed by atoms with Crippen molar-refractivity contribution in [3.8, 4) is 11.5 Å². The average molecular weight is 276 g/mol. The molecule has 3 rings (SSSR count). The smallest absolute Gasteiger partial charge is 0.260 e. The highest BCUT2D eigenvalue weighted by Gasteiger charge is 2.16. The van der Waals surface area contributed by atoms with Gasteiger partial charge < -0.3 is 9.84 Å². The summed E-state index contributed by atoms with van der Waals surface area (Å²) in [4.78, 5) is 6.53. The zero-order chi connectivity index (χ0) is 13.9. The largest absolute Gasteiger partial charge is 0.334 e. The number of nitrogens with one attached hydrogen (secondary N) is 1. The Morgan fingerprint density at radius 3 is 2.90 bits per heavy atom. The molecule has 1 saturated heterocycles. The third kappa shape index (κ3) is 2.86. The van der Waals surface area contributed by atoms with Crippen molar-refractivity contribution in [2.45, 2.75) is 13.5 Å². The van der Waals surface area contributed by atoms with Crippen LogP contribution in [0.2, 0.25) is 0 Å². The molecule has 2 aromatic rings. The minimum Gasteiger partial charge on any atom is -0.334 e. The minimum absolute atomic E-state index is 0.243. The third-order valence-corrected chi connectivity index (χ3v) is 3.40. The van der Waals surface area contributed by atoms with Crippen LogP contribution < -0.4 is 5.32 Å². The Labute approximate surface area is 116 Å². The fraction of sp³-hybridized carbons (Fsp3) is 0.429. The Morgan fingerprint density at radius 1 is 1.35 bits per heavy atom. The first-order valence-electron chi connectivity index (χ1n) is 6.74. The Bertz CT molecular complexity index is 593. The van der Waals surface area contributed by atoms with Crippen molar-refractivity contribution in [1.29, 1.82) is 0 Å².